The van der Waals surface area contributed by atoms with Crippen LogP contribution in [0.15, 0.2) is 23.1 Å². The fourth-order valence-corrected chi connectivity index (χ4v) is 2.88. The summed E-state index contributed by atoms with van der Waals surface area (Å²) in [7, 11) is 0. The topological polar surface area (TPSA) is 30.2 Å². The fourth-order valence-electron chi connectivity index (χ4n) is 2.51. The van der Waals surface area contributed by atoms with Crippen LogP contribution in [0.2, 0.25) is 0 Å². The molecule has 1 aliphatic carbocycles. The summed E-state index contributed by atoms with van der Waals surface area (Å²) in [5.74, 6) is 0.689. The second-order valence-electron chi connectivity index (χ2n) is 4.48. The molecule has 0 radical (unpaired) electrons. The highest BCUT2D eigenvalue weighted by atomic mass is 79.9. The highest BCUT2D eigenvalue weighted by molar-refractivity contribution is 9.10. The Labute approximate surface area is 103 Å². The maximum Gasteiger partial charge on any atom is 0.169 e. The predicted octanol–water partition coefficient (Wildman–Crippen LogP) is 3.54. The molecule has 0 unspecified atom stereocenters. The quantitative estimate of drug-likeness (QED) is 0.799. The van der Waals surface area contributed by atoms with E-state index in [-0.39, 0.29) is 0 Å². The molecular weight excluding hydrogens is 266 g/mol. The van der Waals surface area contributed by atoms with Gasteiger partial charge in [-0.05, 0) is 40.3 Å². The van der Waals surface area contributed by atoms with E-state index in [1.807, 2.05) is 10.7 Å². The van der Waals surface area contributed by atoms with E-state index in [0.29, 0.717) is 5.92 Å². The molecule has 0 amide bonds. The van der Waals surface area contributed by atoms with Crippen LogP contribution in [0.25, 0.3) is 5.65 Å². The van der Waals surface area contributed by atoms with Crippen LogP contribution in [0.4, 0.5) is 0 Å². The number of hydrogen-bond donors (Lipinski definition) is 0. The summed E-state index contributed by atoms with van der Waals surface area (Å²) in [6.07, 6.45) is 12.6. The van der Waals surface area contributed by atoms with Gasteiger partial charge in [-0.25, -0.2) is 9.50 Å². The van der Waals surface area contributed by atoms with Gasteiger partial charge < -0.3 is 0 Å². The lowest BCUT2D eigenvalue weighted by atomic mass is 9.85. The predicted molar refractivity (Wildman–Crippen MR) is 66.5 cm³/mol. The third kappa shape index (κ3) is 1.75. The van der Waals surface area contributed by atoms with Crippen LogP contribution in [0.5, 0.6) is 0 Å². The minimum absolute atomic E-state index is 0.689. The Morgan fingerprint density at radius 1 is 1.19 bits per heavy atom. The molecule has 0 saturated heterocycles. The van der Waals surface area contributed by atoms with Crippen molar-refractivity contribution in [3.8, 4) is 0 Å². The van der Waals surface area contributed by atoms with Crippen molar-refractivity contribution in [1.29, 1.82) is 0 Å². The summed E-state index contributed by atoms with van der Waals surface area (Å²) in [6, 6.07) is 0. The van der Waals surface area contributed by atoms with Crippen molar-refractivity contribution in [2.75, 3.05) is 0 Å². The van der Waals surface area contributed by atoms with Crippen molar-refractivity contribution in [3.05, 3.63) is 28.6 Å². The first kappa shape index (κ1) is 10.3. The molecule has 0 atom stereocenters. The van der Waals surface area contributed by atoms with Crippen LogP contribution in [-0.2, 0) is 0 Å². The standard InChI is InChI=1S/C12H14BrN3/c13-11-7-15-16-8-10(6-14-12(11)16)9-4-2-1-3-5-9/h6-9H,1-5H2. The van der Waals surface area contributed by atoms with E-state index >= 15 is 0 Å². The zero-order valence-electron chi connectivity index (χ0n) is 9.06. The Morgan fingerprint density at radius 3 is 2.81 bits per heavy atom. The van der Waals surface area contributed by atoms with E-state index in [4.69, 9.17) is 0 Å². The van der Waals surface area contributed by atoms with Crippen molar-refractivity contribution in [2.45, 2.75) is 38.0 Å². The summed E-state index contributed by atoms with van der Waals surface area (Å²) in [4.78, 5) is 4.47. The lowest BCUT2D eigenvalue weighted by Crippen LogP contribution is -2.06. The molecule has 0 aliphatic heterocycles. The van der Waals surface area contributed by atoms with Crippen LogP contribution in [0.1, 0.15) is 43.6 Å². The van der Waals surface area contributed by atoms with E-state index in [2.05, 4.69) is 32.2 Å². The fraction of sp³-hybridized carbons (Fsp3) is 0.500. The summed E-state index contributed by atoms with van der Waals surface area (Å²) < 4.78 is 2.83. The number of hydrogen-bond acceptors (Lipinski definition) is 2. The zero-order valence-corrected chi connectivity index (χ0v) is 10.7. The highest BCUT2D eigenvalue weighted by Gasteiger charge is 2.16. The molecular formula is C12H14BrN3. The molecule has 3 rings (SSSR count). The van der Waals surface area contributed by atoms with Gasteiger partial charge in [-0.15, -0.1) is 0 Å². The maximum absolute atomic E-state index is 4.47. The SMILES string of the molecule is Brc1cnn2cc(C3CCCCC3)cnc12. The molecule has 4 heteroatoms. The summed E-state index contributed by atoms with van der Waals surface area (Å²) in [6.45, 7) is 0. The minimum Gasteiger partial charge on any atom is -0.236 e. The van der Waals surface area contributed by atoms with Gasteiger partial charge in [0.05, 0.1) is 10.7 Å². The molecule has 0 bridgehead atoms. The third-order valence-electron chi connectivity index (χ3n) is 3.41. The first-order chi connectivity index (χ1) is 7.84. The largest absolute Gasteiger partial charge is 0.236 e. The molecule has 1 fully saturated rings. The Balaban J connectivity index is 1.97. The van der Waals surface area contributed by atoms with Gasteiger partial charge in [0, 0.05) is 12.4 Å². The van der Waals surface area contributed by atoms with Crippen LogP contribution in [0.3, 0.4) is 0 Å². The summed E-state index contributed by atoms with van der Waals surface area (Å²) in [5.41, 5.74) is 2.24. The molecule has 1 saturated carbocycles. The van der Waals surface area contributed by atoms with Crippen LogP contribution in [0, 0.1) is 0 Å². The van der Waals surface area contributed by atoms with E-state index in [0.717, 1.165) is 10.1 Å². The summed E-state index contributed by atoms with van der Waals surface area (Å²) >= 11 is 3.44. The van der Waals surface area contributed by atoms with E-state index < -0.39 is 0 Å². The van der Waals surface area contributed by atoms with Crippen molar-refractivity contribution < 1.29 is 0 Å². The van der Waals surface area contributed by atoms with Gasteiger partial charge in [0.1, 0.15) is 0 Å². The van der Waals surface area contributed by atoms with Crippen molar-refractivity contribution in [1.82, 2.24) is 14.6 Å². The van der Waals surface area contributed by atoms with Gasteiger partial charge in [-0.1, -0.05) is 19.3 Å². The van der Waals surface area contributed by atoms with E-state index in [1.165, 1.54) is 37.7 Å². The Morgan fingerprint density at radius 2 is 2.00 bits per heavy atom. The van der Waals surface area contributed by atoms with Crippen molar-refractivity contribution >= 4 is 21.6 Å². The van der Waals surface area contributed by atoms with Gasteiger partial charge in [-0.3, -0.25) is 0 Å². The van der Waals surface area contributed by atoms with Crippen LogP contribution in [-0.4, -0.2) is 14.6 Å². The average Bonchev–Trinajstić information content (AvgIpc) is 2.72. The molecule has 0 N–H and O–H groups in total. The first-order valence-corrected chi connectivity index (χ1v) is 6.62. The van der Waals surface area contributed by atoms with E-state index in [9.17, 15) is 0 Å². The number of rotatable bonds is 1. The van der Waals surface area contributed by atoms with E-state index in [1.54, 1.807) is 6.20 Å². The molecule has 16 heavy (non-hydrogen) atoms. The van der Waals surface area contributed by atoms with Crippen molar-refractivity contribution in [2.24, 2.45) is 0 Å². The molecule has 2 heterocycles. The van der Waals surface area contributed by atoms with Crippen LogP contribution >= 0.6 is 15.9 Å². The van der Waals surface area contributed by atoms with Gasteiger partial charge in [0.2, 0.25) is 0 Å². The second-order valence-corrected chi connectivity index (χ2v) is 5.34. The minimum atomic E-state index is 0.689. The van der Waals surface area contributed by atoms with Gasteiger partial charge >= 0.3 is 0 Å². The Kier molecular flexibility index (Phi) is 2.67. The van der Waals surface area contributed by atoms with Gasteiger partial charge in [0.15, 0.2) is 5.65 Å². The third-order valence-corrected chi connectivity index (χ3v) is 3.97. The average molecular weight is 280 g/mol. The lowest BCUT2D eigenvalue weighted by molar-refractivity contribution is 0.441. The number of fused-ring (bicyclic) bond motifs is 1. The molecule has 2 aromatic heterocycles. The molecule has 3 nitrogen and oxygen atoms in total. The highest BCUT2D eigenvalue weighted by Crippen LogP contribution is 2.32. The van der Waals surface area contributed by atoms with Crippen LogP contribution < -0.4 is 0 Å². The molecule has 0 spiro atoms. The molecule has 1 aliphatic rings. The Hall–Kier alpha value is -0.900. The van der Waals surface area contributed by atoms with Gasteiger partial charge in [0.25, 0.3) is 0 Å². The molecule has 2 aromatic rings. The molecule has 0 aromatic carbocycles. The van der Waals surface area contributed by atoms with Gasteiger partial charge in [-0.2, -0.15) is 5.10 Å². The Bertz CT molecular complexity index is 500. The number of aromatic nitrogens is 3. The maximum atomic E-state index is 4.47. The monoisotopic (exact) mass is 279 g/mol. The lowest BCUT2D eigenvalue weighted by Gasteiger charge is -2.21. The van der Waals surface area contributed by atoms with Crippen molar-refractivity contribution in [3.63, 3.8) is 0 Å². The normalized spacial score (nSPS) is 18.1. The smallest absolute Gasteiger partial charge is 0.169 e. The number of nitrogens with zero attached hydrogens (tertiary/aromatic N) is 3. The summed E-state index contributed by atoms with van der Waals surface area (Å²) in [5, 5.41) is 4.28. The second kappa shape index (κ2) is 4.17. The first-order valence-electron chi connectivity index (χ1n) is 5.83. The molecule has 84 valence electrons. The number of halogens is 1. The zero-order chi connectivity index (χ0) is 11.0.